The predicted octanol–water partition coefficient (Wildman–Crippen LogP) is 2.97. The van der Waals surface area contributed by atoms with Gasteiger partial charge in [-0.3, -0.25) is 4.79 Å². The topological polar surface area (TPSA) is 103 Å². The van der Waals surface area contributed by atoms with Gasteiger partial charge in [0.2, 0.25) is 10.0 Å². The SMILES string of the molecule is COC1C=C(NC(=O)c2cc(C)n(-c3ccccc3C(F)(F)F)c2C)C=CC1S(N)(=O)=O. The van der Waals surface area contributed by atoms with E-state index in [0.717, 1.165) is 6.07 Å². The Hall–Kier alpha value is -2.89. The Labute approximate surface area is 183 Å². The van der Waals surface area contributed by atoms with Gasteiger partial charge in [0.15, 0.2) is 0 Å². The number of aryl methyl sites for hydroxylation is 1. The molecule has 3 rings (SSSR count). The lowest BCUT2D eigenvalue weighted by atomic mass is 10.1. The fourth-order valence-corrected chi connectivity index (χ4v) is 4.55. The Morgan fingerprint density at radius 1 is 1.22 bits per heavy atom. The van der Waals surface area contributed by atoms with Gasteiger partial charge in [0, 0.05) is 24.2 Å². The predicted molar refractivity (Wildman–Crippen MR) is 113 cm³/mol. The third-order valence-corrected chi connectivity index (χ3v) is 6.35. The van der Waals surface area contributed by atoms with Crippen LogP contribution in [0.3, 0.4) is 0 Å². The van der Waals surface area contributed by atoms with Gasteiger partial charge in [0.1, 0.15) is 5.25 Å². The van der Waals surface area contributed by atoms with Crippen LogP contribution in [0.4, 0.5) is 13.2 Å². The molecule has 11 heteroatoms. The maximum atomic E-state index is 13.5. The van der Waals surface area contributed by atoms with Crippen molar-refractivity contribution in [3.05, 3.63) is 76.8 Å². The number of amides is 1. The normalized spacial score (nSPS) is 19.0. The van der Waals surface area contributed by atoms with E-state index in [0.29, 0.717) is 11.4 Å². The summed E-state index contributed by atoms with van der Waals surface area (Å²) >= 11 is 0. The van der Waals surface area contributed by atoms with Gasteiger partial charge < -0.3 is 14.6 Å². The highest BCUT2D eigenvalue weighted by molar-refractivity contribution is 7.90. The summed E-state index contributed by atoms with van der Waals surface area (Å²) in [7, 11) is -2.60. The number of benzene rings is 1. The van der Waals surface area contributed by atoms with Crippen molar-refractivity contribution in [2.75, 3.05) is 7.11 Å². The van der Waals surface area contributed by atoms with Crippen molar-refractivity contribution in [1.82, 2.24) is 9.88 Å². The van der Waals surface area contributed by atoms with Crippen molar-refractivity contribution in [3.63, 3.8) is 0 Å². The Morgan fingerprint density at radius 3 is 2.47 bits per heavy atom. The van der Waals surface area contributed by atoms with E-state index < -0.39 is 39.0 Å². The maximum Gasteiger partial charge on any atom is 0.418 e. The number of rotatable bonds is 5. The van der Waals surface area contributed by atoms with Gasteiger partial charge >= 0.3 is 6.18 Å². The van der Waals surface area contributed by atoms with Crippen LogP contribution in [-0.2, 0) is 20.9 Å². The summed E-state index contributed by atoms with van der Waals surface area (Å²) in [6, 6.07) is 6.61. The van der Waals surface area contributed by atoms with E-state index in [1.807, 2.05) is 0 Å². The van der Waals surface area contributed by atoms with Crippen LogP contribution < -0.4 is 10.5 Å². The van der Waals surface area contributed by atoms with Gasteiger partial charge in [-0.15, -0.1) is 0 Å². The lowest BCUT2D eigenvalue weighted by Gasteiger charge is -2.23. The number of nitrogens with two attached hydrogens (primary N) is 1. The minimum atomic E-state index is -4.56. The van der Waals surface area contributed by atoms with Gasteiger partial charge in [0.25, 0.3) is 5.91 Å². The molecule has 7 nitrogen and oxygen atoms in total. The molecule has 1 amide bonds. The third kappa shape index (κ3) is 4.64. The number of allylic oxidation sites excluding steroid dienone is 1. The van der Waals surface area contributed by atoms with Gasteiger partial charge in [-0.25, -0.2) is 13.6 Å². The number of aromatic nitrogens is 1. The number of sulfonamides is 1. The number of para-hydroxylation sites is 1. The third-order valence-electron chi connectivity index (χ3n) is 5.17. The van der Waals surface area contributed by atoms with Gasteiger partial charge in [0.05, 0.1) is 22.9 Å². The van der Waals surface area contributed by atoms with E-state index in [1.54, 1.807) is 13.8 Å². The number of alkyl halides is 3. The lowest BCUT2D eigenvalue weighted by molar-refractivity contribution is -0.137. The fourth-order valence-electron chi connectivity index (χ4n) is 3.69. The zero-order valence-corrected chi connectivity index (χ0v) is 18.3. The number of carbonyl (C=O) groups excluding carboxylic acids is 1. The minimum Gasteiger partial charge on any atom is -0.376 e. The van der Waals surface area contributed by atoms with Gasteiger partial charge in [-0.05, 0) is 44.2 Å². The number of primary sulfonamides is 1. The number of hydrogen-bond donors (Lipinski definition) is 2. The molecule has 1 aliphatic carbocycles. The molecule has 1 heterocycles. The van der Waals surface area contributed by atoms with Crippen molar-refractivity contribution >= 4 is 15.9 Å². The zero-order valence-electron chi connectivity index (χ0n) is 17.5. The van der Waals surface area contributed by atoms with E-state index in [-0.39, 0.29) is 16.9 Å². The van der Waals surface area contributed by atoms with Crippen LogP contribution in [0.1, 0.15) is 27.3 Å². The molecule has 0 radical (unpaired) electrons. The van der Waals surface area contributed by atoms with Gasteiger partial charge in [-0.1, -0.05) is 18.2 Å². The Morgan fingerprint density at radius 2 is 1.88 bits per heavy atom. The minimum absolute atomic E-state index is 0.0822. The van der Waals surface area contributed by atoms with Crippen LogP contribution >= 0.6 is 0 Å². The molecule has 2 aromatic rings. The van der Waals surface area contributed by atoms with Crippen molar-refractivity contribution in [3.8, 4) is 5.69 Å². The standard InChI is InChI=1S/C21H22F3N3O4S/c1-12-10-15(13(2)27(12)17-7-5-4-6-16(17)21(22,23)24)20(28)26-14-8-9-19(32(25,29)30)18(11-14)31-3/h4-11,18-19H,1-3H3,(H,26,28)(H2,25,29,30). The number of carbonyl (C=O) groups is 1. The monoisotopic (exact) mass is 469 g/mol. The maximum absolute atomic E-state index is 13.5. The first-order valence-electron chi connectivity index (χ1n) is 9.46. The summed E-state index contributed by atoms with van der Waals surface area (Å²) in [5, 5.41) is 6.73. The summed E-state index contributed by atoms with van der Waals surface area (Å²) in [4.78, 5) is 12.9. The quantitative estimate of drug-likeness (QED) is 0.703. The number of nitrogens with one attached hydrogen (secondary N) is 1. The van der Waals surface area contributed by atoms with E-state index >= 15 is 0 Å². The molecule has 172 valence electrons. The molecule has 0 bridgehead atoms. The Balaban J connectivity index is 1.93. The molecule has 0 fully saturated rings. The fraction of sp³-hybridized carbons (Fsp3) is 0.286. The zero-order chi connectivity index (χ0) is 23.8. The molecule has 2 unspecified atom stereocenters. The highest BCUT2D eigenvalue weighted by atomic mass is 32.2. The first-order chi connectivity index (χ1) is 14.8. The molecule has 0 spiro atoms. The molecule has 1 aromatic carbocycles. The number of nitrogens with zero attached hydrogens (tertiary/aromatic N) is 1. The summed E-state index contributed by atoms with van der Waals surface area (Å²) in [5.41, 5.74) is 0.327. The molecule has 32 heavy (non-hydrogen) atoms. The number of halogens is 3. The smallest absolute Gasteiger partial charge is 0.376 e. The highest BCUT2D eigenvalue weighted by Crippen LogP contribution is 2.35. The van der Waals surface area contributed by atoms with Gasteiger partial charge in [-0.2, -0.15) is 13.2 Å². The Kier molecular flexibility index (Phi) is 6.36. The molecule has 3 N–H and O–H groups in total. The summed E-state index contributed by atoms with van der Waals surface area (Å²) in [6.45, 7) is 3.16. The summed E-state index contributed by atoms with van der Waals surface area (Å²) in [6.07, 6.45) is -1.36. The van der Waals surface area contributed by atoms with Crippen LogP contribution in [0.5, 0.6) is 0 Å². The molecule has 0 saturated heterocycles. The first-order valence-corrected chi connectivity index (χ1v) is 11.1. The molecule has 1 aliphatic rings. The second-order valence-corrected chi connectivity index (χ2v) is 9.05. The lowest BCUT2D eigenvalue weighted by Crippen LogP contribution is -2.40. The molecule has 2 atom stereocenters. The van der Waals surface area contributed by atoms with E-state index in [1.165, 1.54) is 54.2 Å². The van der Waals surface area contributed by atoms with Crippen molar-refractivity contribution in [1.29, 1.82) is 0 Å². The molecule has 0 aliphatic heterocycles. The average molecular weight is 469 g/mol. The van der Waals surface area contributed by atoms with Crippen LogP contribution in [0.25, 0.3) is 5.69 Å². The number of methoxy groups -OCH3 is 1. The van der Waals surface area contributed by atoms with E-state index in [2.05, 4.69) is 5.32 Å². The number of hydrogen-bond acceptors (Lipinski definition) is 4. The van der Waals surface area contributed by atoms with Crippen LogP contribution in [-0.4, -0.2) is 37.4 Å². The van der Waals surface area contributed by atoms with Crippen molar-refractivity contribution in [2.24, 2.45) is 5.14 Å². The van der Waals surface area contributed by atoms with Crippen LogP contribution in [0, 0.1) is 13.8 Å². The molecule has 1 aromatic heterocycles. The molecule has 0 saturated carbocycles. The second kappa shape index (κ2) is 8.57. The van der Waals surface area contributed by atoms with Crippen LogP contribution in [0.2, 0.25) is 0 Å². The first kappa shape index (κ1) is 23.8. The molecular formula is C21H22F3N3O4S. The summed E-state index contributed by atoms with van der Waals surface area (Å²) < 4.78 is 70.3. The van der Waals surface area contributed by atoms with E-state index in [9.17, 15) is 26.4 Å². The van der Waals surface area contributed by atoms with Crippen molar-refractivity contribution in [2.45, 2.75) is 31.4 Å². The average Bonchev–Trinajstić information content (AvgIpc) is 3.00. The molecular weight excluding hydrogens is 447 g/mol. The Bertz CT molecular complexity index is 1210. The second-order valence-electron chi connectivity index (χ2n) is 7.32. The summed E-state index contributed by atoms with van der Waals surface area (Å²) in [5.74, 6) is -0.561. The number of ether oxygens (including phenoxy) is 1. The van der Waals surface area contributed by atoms with E-state index in [4.69, 9.17) is 9.88 Å². The highest BCUT2D eigenvalue weighted by Gasteiger charge is 2.35. The van der Waals surface area contributed by atoms with Crippen LogP contribution in [0.15, 0.2) is 54.3 Å². The van der Waals surface area contributed by atoms with Crippen molar-refractivity contribution < 1.29 is 31.1 Å². The largest absolute Gasteiger partial charge is 0.418 e.